The Labute approximate surface area is 249 Å². The molecule has 210 valence electrons. The summed E-state index contributed by atoms with van der Waals surface area (Å²) in [6.07, 6.45) is 0. The Morgan fingerprint density at radius 3 is 0.703 bits per heavy atom. The van der Waals surface area contributed by atoms with E-state index >= 15 is 0 Å². The molecule has 0 aliphatic carbocycles. The molecule has 0 aliphatic rings. The van der Waals surface area contributed by atoms with Gasteiger partial charge < -0.3 is 45.7 Å². The number of carbonyl (C=O) groups is 3. The van der Waals surface area contributed by atoms with Crippen LogP contribution >= 0.6 is 0 Å². The molecule has 0 saturated carbocycles. The number of aliphatic carboxylic acids is 3. The molecule has 0 spiro atoms. The van der Waals surface area contributed by atoms with Crippen LogP contribution in [0.25, 0.3) is 0 Å². The van der Waals surface area contributed by atoms with E-state index in [2.05, 4.69) is 30.9 Å². The summed E-state index contributed by atoms with van der Waals surface area (Å²) in [4.78, 5) is 43.0. The predicted molar refractivity (Wildman–Crippen MR) is 138 cm³/mol. The molecule has 37 heavy (non-hydrogen) atoms. The van der Waals surface area contributed by atoms with Crippen molar-refractivity contribution in [3.8, 4) is 0 Å². The second kappa shape index (κ2) is 23.2. The zero-order valence-electron chi connectivity index (χ0n) is 24.3. The minimum atomic E-state index is -1.25. The molecule has 0 bridgehead atoms. The zero-order chi connectivity index (χ0) is 29.2. The van der Waals surface area contributed by atoms with E-state index in [0.29, 0.717) is 0 Å². The molecule has 0 heterocycles. The molecular formula is C24H45LaN6O6. The third-order valence-electron chi connectivity index (χ3n) is 3.02. The number of rotatable bonds is 6. The molecular weight excluding hydrogens is 607 g/mol. The van der Waals surface area contributed by atoms with Crippen LogP contribution in [0.1, 0.15) is 83.1 Å². The van der Waals surface area contributed by atoms with E-state index in [1.807, 2.05) is 83.1 Å². The standard InChI is InChI=1S/3C8H16N2O2.La/c3*1-5(2)9-7(8(11)12)10-6(3)4;/h3*5-6H,1-4H3,(H,9,10)(H,11,12);/q;;;+3/p-3. The van der Waals surface area contributed by atoms with Crippen LogP contribution in [0.3, 0.4) is 0 Å². The van der Waals surface area contributed by atoms with Crippen molar-refractivity contribution in [1.82, 2.24) is 16.0 Å². The van der Waals surface area contributed by atoms with E-state index < -0.39 is 17.9 Å². The number of hydrogen-bond donors (Lipinski definition) is 3. The van der Waals surface area contributed by atoms with Crippen molar-refractivity contribution in [3.63, 3.8) is 0 Å². The molecule has 12 nitrogen and oxygen atoms in total. The van der Waals surface area contributed by atoms with Gasteiger partial charge in [0.2, 0.25) is 0 Å². The van der Waals surface area contributed by atoms with E-state index in [1.165, 1.54) is 0 Å². The fourth-order valence-corrected chi connectivity index (χ4v) is 2.04. The Bertz CT molecular complexity index is 663. The molecule has 0 fully saturated rings. The second-order valence-electron chi connectivity index (χ2n) is 9.47. The molecule has 0 rings (SSSR count). The number of nitrogens with one attached hydrogen (secondary N) is 3. The van der Waals surface area contributed by atoms with Gasteiger partial charge in [0.1, 0.15) is 35.4 Å². The first-order chi connectivity index (χ1) is 16.3. The SMILES string of the molecule is CC(C)N=C(NC(C)C)C(=O)[O-].CC(C)N=C(NC(C)C)C(=O)[O-].CC(C)N=C(NC(C)C)C(=O)[O-].[La+3]. The van der Waals surface area contributed by atoms with Gasteiger partial charge in [0.15, 0.2) is 0 Å². The monoisotopic (exact) mass is 652 g/mol. The van der Waals surface area contributed by atoms with Crippen LogP contribution < -0.4 is 31.3 Å². The number of carboxylic acids is 3. The van der Waals surface area contributed by atoms with Crippen molar-refractivity contribution < 1.29 is 65.3 Å². The first-order valence-corrected chi connectivity index (χ1v) is 12.0. The van der Waals surface area contributed by atoms with Crippen LogP contribution in [-0.4, -0.2) is 71.7 Å². The summed E-state index contributed by atoms with van der Waals surface area (Å²) >= 11 is 0. The third kappa shape index (κ3) is 30.1. The normalized spacial score (nSPS) is 12.0. The summed E-state index contributed by atoms with van der Waals surface area (Å²) in [7, 11) is 0. The Kier molecular flexibility index (Phi) is 26.4. The van der Waals surface area contributed by atoms with Crippen molar-refractivity contribution in [2.75, 3.05) is 0 Å². The molecule has 0 aromatic heterocycles. The first-order valence-electron chi connectivity index (χ1n) is 12.0. The summed E-state index contributed by atoms with van der Waals surface area (Å²) in [6, 6.07) is 0.0543. The van der Waals surface area contributed by atoms with Crippen LogP contribution in [0, 0.1) is 35.6 Å². The van der Waals surface area contributed by atoms with Crippen molar-refractivity contribution in [3.05, 3.63) is 0 Å². The molecule has 0 unspecified atom stereocenters. The molecule has 0 radical (unpaired) electrons. The fourth-order valence-electron chi connectivity index (χ4n) is 2.04. The first kappa shape index (κ1) is 42.1. The number of nitrogens with zero attached hydrogens (tertiary/aromatic N) is 3. The molecule has 0 aromatic rings. The van der Waals surface area contributed by atoms with Gasteiger partial charge in [-0.2, -0.15) is 0 Å². The van der Waals surface area contributed by atoms with Crippen LogP contribution in [0.2, 0.25) is 0 Å². The minimum absolute atomic E-state index is 0. The van der Waals surface area contributed by atoms with Crippen LogP contribution in [0.5, 0.6) is 0 Å². The maximum atomic E-state index is 10.5. The van der Waals surface area contributed by atoms with Gasteiger partial charge in [0.25, 0.3) is 0 Å². The van der Waals surface area contributed by atoms with E-state index in [4.69, 9.17) is 0 Å². The van der Waals surface area contributed by atoms with Gasteiger partial charge in [0, 0.05) is 36.3 Å². The van der Waals surface area contributed by atoms with E-state index in [1.54, 1.807) is 0 Å². The number of carboxylic acid groups (broad SMARTS) is 3. The van der Waals surface area contributed by atoms with E-state index in [0.717, 1.165) is 0 Å². The summed E-state index contributed by atoms with van der Waals surface area (Å²) in [5.74, 6) is -3.97. The number of amidine groups is 3. The van der Waals surface area contributed by atoms with E-state index in [-0.39, 0.29) is 89.4 Å². The number of carbonyl (C=O) groups excluding carboxylic acids is 3. The largest absolute Gasteiger partial charge is 3.00 e. The second-order valence-corrected chi connectivity index (χ2v) is 9.47. The maximum absolute atomic E-state index is 10.5. The van der Waals surface area contributed by atoms with Crippen LogP contribution in [0.15, 0.2) is 15.0 Å². The summed E-state index contributed by atoms with van der Waals surface area (Å²) in [5, 5.41) is 39.5. The van der Waals surface area contributed by atoms with Crippen molar-refractivity contribution in [2.24, 2.45) is 15.0 Å². The number of aliphatic imine (C=N–C) groups is 3. The van der Waals surface area contributed by atoms with Gasteiger partial charge in [0.05, 0.1) is 0 Å². The smallest absolute Gasteiger partial charge is 0.542 e. The molecule has 0 aliphatic heterocycles. The van der Waals surface area contributed by atoms with Crippen molar-refractivity contribution in [2.45, 2.75) is 119 Å². The minimum Gasteiger partial charge on any atom is -0.542 e. The molecule has 3 N–H and O–H groups in total. The van der Waals surface area contributed by atoms with Gasteiger partial charge in [-0.1, -0.05) is 0 Å². The Morgan fingerprint density at radius 2 is 0.622 bits per heavy atom. The third-order valence-corrected chi connectivity index (χ3v) is 3.02. The maximum Gasteiger partial charge on any atom is 3.00 e. The Balaban J connectivity index is -0.000000218. The van der Waals surface area contributed by atoms with E-state index in [9.17, 15) is 29.7 Å². The van der Waals surface area contributed by atoms with Gasteiger partial charge in [-0.05, 0) is 83.1 Å². The molecule has 0 atom stereocenters. The van der Waals surface area contributed by atoms with Crippen LogP contribution in [-0.2, 0) is 14.4 Å². The van der Waals surface area contributed by atoms with Gasteiger partial charge in [-0.3, -0.25) is 15.0 Å². The summed E-state index contributed by atoms with van der Waals surface area (Å²) in [5.41, 5.74) is 0. The van der Waals surface area contributed by atoms with Crippen molar-refractivity contribution >= 4 is 35.4 Å². The molecule has 0 aromatic carbocycles. The molecule has 0 amide bonds. The van der Waals surface area contributed by atoms with Crippen LogP contribution in [0.4, 0.5) is 0 Å². The van der Waals surface area contributed by atoms with Crippen molar-refractivity contribution in [1.29, 1.82) is 0 Å². The van der Waals surface area contributed by atoms with Gasteiger partial charge in [-0.25, -0.2) is 0 Å². The topological polar surface area (TPSA) is 194 Å². The molecule has 0 saturated heterocycles. The van der Waals surface area contributed by atoms with Gasteiger partial charge >= 0.3 is 35.6 Å². The quantitative estimate of drug-likeness (QED) is 0.229. The fraction of sp³-hybridized carbons (Fsp3) is 0.750. The average molecular weight is 653 g/mol. The Hall–Kier alpha value is -1.99. The molecule has 13 heteroatoms. The number of hydrogen-bond acceptors (Lipinski definition) is 9. The summed E-state index contributed by atoms with van der Waals surface area (Å²) < 4.78 is 0. The Morgan fingerprint density at radius 1 is 0.459 bits per heavy atom. The summed E-state index contributed by atoms with van der Waals surface area (Å²) in [6.45, 7) is 21.9. The average Bonchev–Trinajstić information content (AvgIpc) is 2.65. The predicted octanol–water partition coefficient (Wildman–Crippen LogP) is -1.38. The zero-order valence-corrected chi connectivity index (χ0v) is 28.0. The van der Waals surface area contributed by atoms with Gasteiger partial charge in [-0.15, -0.1) is 0 Å².